The molecule has 2 aromatic heterocycles. The number of rotatable bonds is 4. The number of nitrogens with zero attached hydrogens (tertiary/aromatic N) is 1. The van der Waals surface area contributed by atoms with Crippen LogP contribution < -0.4 is 10.9 Å². The molecule has 3 heterocycles. The van der Waals surface area contributed by atoms with E-state index >= 15 is 0 Å². The Hall–Kier alpha value is -3.61. The molecule has 1 aliphatic rings. The van der Waals surface area contributed by atoms with E-state index in [-0.39, 0.29) is 17.5 Å². The second-order valence-electron chi connectivity index (χ2n) is 7.00. The summed E-state index contributed by atoms with van der Waals surface area (Å²) in [6.07, 6.45) is 2.72. The van der Waals surface area contributed by atoms with Gasteiger partial charge in [-0.2, -0.15) is 0 Å². The van der Waals surface area contributed by atoms with Gasteiger partial charge in [-0.15, -0.1) is 0 Å². The fourth-order valence-electron chi connectivity index (χ4n) is 3.48. The molecule has 29 heavy (non-hydrogen) atoms. The number of aromatic amines is 1. The Kier molecular flexibility index (Phi) is 5.29. The van der Waals surface area contributed by atoms with E-state index in [1.54, 1.807) is 29.2 Å². The van der Waals surface area contributed by atoms with Gasteiger partial charge >= 0.3 is 0 Å². The largest absolute Gasteiger partial charge is 0.459 e. The summed E-state index contributed by atoms with van der Waals surface area (Å²) in [5.74, 6) is -0.230. The lowest BCUT2D eigenvalue weighted by atomic mass is 10.0. The summed E-state index contributed by atoms with van der Waals surface area (Å²) < 4.78 is 5.15. The predicted molar refractivity (Wildman–Crippen MR) is 108 cm³/mol. The van der Waals surface area contributed by atoms with E-state index in [1.165, 1.54) is 6.26 Å². The summed E-state index contributed by atoms with van der Waals surface area (Å²) >= 11 is 0. The molecule has 0 bridgehead atoms. The maximum atomic E-state index is 12.6. The molecular weight excluding hydrogens is 370 g/mol. The number of nitrogens with one attached hydrogen (secondary N) is 2. The molecule has 1 fully saturated rings. The quantitative estimate of drug-likeness (QED) is 0.715. The highest BCUT2D eigenvalue weighted by atomic mass is 16.3. The average Bonchev–Trinajstić information content (AvgIpc) is 3.29. The van der Waals surface area contributed by atoms with Crippen molar-refractivity contribution in [1.82, 2.24) is 15.2 Å². The third-order valence-electron chi connectivity index (χ3n) is 5.09. The lowest BCUT2D eigenvalue weighted by Crippen LogP contribution is -2.47. The highest BCUT2D eigenvalue weighted by Gasteiger charge is 2.26. The third-order valence-corrected chi connectivity index (χ3v) is 5.09. The van der Waals surface area contributed by atoms with Crippen molar-refractivity contribution in [2.75, 3.05) is 13.1 Å². The molecule has 4 rings (SSSR count). The first-order valence-corrected chi connectivity index (χ1v) is 9.54. The summed E-state index contributed by atoms with van der Waals surface area (Å²) in [7, 11) is 0. The molecular formula is C22H21N3O4. The number of pyridine rings is 1. The number of piperidine rings is 1. The molecule has 7 nitrogen and oxygen atoms in total. The van der Waals surface area contributed by atoms with Crippen LogP contribution in [0.25, 0.3) is 11.3 Å². The van der Waals surface area contributed by atoms with Crippen LogP contribution in [-0.2, 0) is 0 Å². The molecule has 0 radical (unpaired) electrons. The number of hydrogen-bond acceptors (Lipinski definition) is 4. The van der Waals surface area contributed by atoms with Crippen LogP contribution in [0.3, 0.4) is 0 Å². The van der Waals surface area contributed by atoms with Crippen LogP contribution in [0.4, 0.5) is 0 Å². The fourth-order valence-corrected chi connectivity index (χ4v) is 3.48. The molecule has 1 aliphatic heterocycles. The zero-order valence-electron chi connectivity index (χ0n) is 15.8. The monoisotopic (exact) mass is 391 g/mol. The zero-order valence-corrected chi connectivity index (χ0v) is 15.8. The summed E-state index contributed by atoms with van der Waals surface area (Å²) in [5.41, 5.74) is 1.20. The topological polar surface area (TPSA) is 95.4 Å². The number of hydrogen-bond donors (Lipinski definition) is 2. The van der Waals surface area contributed by atoms with Gasteiger partial charge in [0.2, 0.25) is 0 Å². The van der Waals surface area contributed by atoms with E-state index in [0.717, 1.165) is 5.56 Å². The number of aromatic nitrogens is 1. The van der Waals surface area contributed by atoms with E-state index in [2.05, 4.69) is 10.3 Å². The smallest absolute Gasteiger partial charge is 0.289 e. The molecule has 2 N–H and O–H groups in total. The first-order chi connectivity index (χ1) is 14.1. The molecule has 0 unspecified atom stereocenters. The van der Waals surface area contributed by atoms with Crippen molar-refractivity contribution in [3.05, 3.63) is 82.5 Å². The van der Waals surface area contributed by atoms with Crippen molar-refractivity contribution in [3.63, 3.8) is 0 Å². The average molecular weight is 391 g/mol. The van der Waals surface area contributed by atoms with Crippen LogP contribution in [0.5, 0.6) is 0 Å². The number of furan rings is 1. The number of carbonyl (C=O) groups excluding carboxylic acids is 2. The Morgan fingerprint density at radius 2 is 1.76 bits per heavy atom. The van der Waals surface area contributed by atoms with Gasteiger partial charge in [-0.3, -0.25) is 14.4 Å². The highest BCUT2D eigenvalue weighted by Crippen LogP contribution is 2.16. The number of likely N-dealkylation sites (tertiary alicyclic amines) is 1. The van der Waals surface area contributed by atoms with Crippen LogP contribution in [0, 0.1) is 0 Å². The van der Waals surface area contributed by atoms with Gasteiger partial charge in [0, 0.05) is 24.8 Å². The SMILES string of the molecule is O=C(NC1CCN(C(=O)c2ccco2)CC1)c1ccc(-c2ccccc2)[nH]c1=O. The van der Waals surface area contributed by atoms with Gasteiger partial charge in [-0.05, 0) is 42.7 Å². The van der Waals surface area contributed by atoms with Crippen molar-refractivity contribution in [2.24, 2.45) is 0 Å². The molecule has 3 aromatic rings. The minimum Gasteiger partial charge on any atom is -0.459 e. The second kappa shape index (κ2) is 8.18. The molecule has 7 heteroatoms. The summed E-state index contributed by atoms with van der Waals surface area (Å²) in [6.45, 7) is 1.04. The van der Waals surface area contributed by atoms with Gasteiger partial charge in [0.1, 0.15) is 5.56 Å². The van der Waals surface area contributed by atoms with E-state index in [9.17, 15) is 14.4 Å². The summed E-state index contributed by atoms with van der Waals surface area (Å²) in [6, 6.07) is 16.0. The van der Waals surface area contributed by atoms with Crippen molar-refractivity contribution < 1.29 is 14.0 Å². The van der Waals surface area contributed by atoms with Crippen LogP contribution in [0.15, 0.2) is 70.1 Å². The molecule has 2 amide bonds. The van der Waals surface area contributed by atoms with Crippen LogP contribution in [-0.4, -0.2) is 40.8 Å². The standard InChI is InChI=1S/C22H21N3O4/c26-20(17-8-9-18(24-21(17)27)15-5-2-1-3-6-15)23-16-10-12-25(13-11-16)22(28)19-7-4-14-29-19/h1-9,14,16H,10-13H2,(H,23,26)(H,24,27). The first kappa shape index (κ1) is 18.7. The molecule has 0 aliphatic carbocycles. The van der Waals surface area contributed by atoms with Crippen LogP contribution >= 0.6 is 0 Å². The highest BCUT2D eigenvalue weighted by molar-refractivity contribution is 5.94. The normalized spacial score (nSPS) is 14.6. The summed E-state index contributed by atoms with van der Waals surface area (Å²) in [5, 5.41) is 2.91. The van der Waals surface area contributed by atoms with Gasteiger partial charge in [-0.1, -0.05) is 30.3 Å². The van der Waals surface area contributed by atoms with Gasteiger partial charge in [0.15, 0.2) is 5.76 Å². The maximum Gasteiger partial charge on any atom is 0.289 e. The third kappa shape index (κ3) is 4.13. The molecule has 1 saturated heterocycles. The lowest BCUT2D eigenvalue weighted by molar-refractivity contribution is 0.0667. The molecule has 1 aromatic carbocycles. The van der Waals surface area contributed by atoms with E-state index in [0.29, 0.717) is 37.4 Å². The van der Waals surface area contributed by atoms with Gasteiger partial charge in [0.25, 0.3) is 17.4 Å². The number of carbonyl (C=O) groups is 2. The van der Waals surface area contributed by atoms with Crippen molar-refractivity contribution in [2.45, 2.75) is 18.9 Å². The minimum absolute atomic E-state index is 0.0822. The second-order valence-corrected chi connectivity index (χ2v) is 7.00. The van der Waals surface area contributed by atoms with Crippen molar-refractivity contribution >= 4 is 11.8 Å². The number of H-pyrrole nitrogens is 1. The first-order valence-electron chi connectivity index (χ1n) is 9.54. The Balaban J connectivity index is 1.37. The fraction of sp³-hybridized carbons (Fsp3) is 0.227. The molecule has 0 spiro atoms. The Bertz CT molecular complexity index is 1050. The minimum atomic E-state index is -0.422. The van der Waals surface area contributed by atoms with Crippen LogP contribution in [0.1, 0.15) is 33.8 Å². The Labute approximate surface area is 167 Å². The molecule has 0 saturated carbocycles. The predicted octanol–water partition coefficient (Wildman–Crippen LogP) is 2.67. The lowest BCUT2D eigenvalue weighted by Gasteiger charge is -2.31. The Morgan fingerprint density at radius 1 is 1.00 bits per heavy atom. The van der Waals surface area contributed by atoms with E-state index < -0.39 is 11.5 Å². The van der Waals surface area contributed by atoms with Crippen molar-refractivity contribution in [3.8, 4) is 11.3 Å². The zero-order chi connectivity index (χ0) is 20.2. The van der Waals surface area contributed by atoms with Gasteiger partial charge in [0.05, 0.1) is 6.26 Å². The Morgan fingerprint density at radius 3 is 2.41 bits per heavy atom. The maximum absolute atomic E-state index is 12.6. The van der Waals surface area contributed by atoms with E-state index in [1.807, 2.05) is 30.3 Å². The molecule has 148 valence electrons. The van der Waals surface area contributed by atoms with Gasteiger partial charge < -0.3 is 19.6 Å². The van der Waals surface area contributed by atoms with Gasteiger partial charge in [-0.25, -0.2) is 0 Å². The number of amides is 2. The number of benzene rings is 1. The summed E-state index contributed by atoms with van der Waals surface area (Å²) in [4.78, 5) is 41.7. The van der Waals surface area contributed by atoms with Crippen LogP contribution in [0.2, 0.25) is 0 Å². The van der Waals surface area contributed by atoms with E-state index in [4.69, 9.17) is 4.42 Å². The molecule has 0 atom stereocenters. The van der Waals surface area contributed by atoms with Crippen molar-refractivity contribution in [1.29, 1.82) is 0 Å².